The topological polar surface area (TPSA) is 58.2 Å². The maximum absolute atomic E-state index is 13.3. The second-order valence-electron chi connectivity index (χ2n) is 5.04. The van der Waals surface area contributed by atoms with Crippen molar-refractivity contribution < 1.29 is 14.0 Å². The van der Waals surface area contributed by atoms with Gasteiger partial charge in [0, 0.05) is 22.3 Å². The molecule has 0 saturated carbocycles. The Morgan fingerprint density at radius 3 is 2.86 bits per heavy atom. The molecule has 3 rings (SSSR count). The zero-order valence-electron chi connectivity index (χ0n) is 11.4. The lowest BCUT2D eigenvalue weighted by Crippen LogP contribution is -2.30. The van der Waals surface area contributed by atoms with E-state index in [1.165, 1.54) is 18.2 Å². The number of carbonyl (C=O) groups excluding carboxylic acids is 2. The highest BCUT2D eigenvalue weighted by molar-refractivity contribution is 9.10. The summed E-state index contributed by atoms with van der Waals surface area (Å²) in [5.41, 5.74) is 1.60. The molecular weight excluding hydrogens is 351 g/mol. The molecule has 0 saturated heterocycles. The molecule has 0 unspecified atom stereocenters. The Hall–Kier alpha value is -2.21. The smallest absolute Gasteiger partial charge is 0.232 e. The van der Waals surface area contributed by atoms with E-state index in [4.69, 9.17) is 0 Å². The molecule has 22 heavy (non-hydrogen) atoms. The number of fused-ring (bicyclic) bond motifs is 1. The number of hydrogen-bond acceptors (Lipinski definition) is 2. The van der Waals surface area contributed by atoms with Gasteiger partial charge in [0.2, 0.25) is 11.8 Å². The minimum atomic E-state index is -0.636. The molecule has 2 N–H and O–H groups in total. The van der Waals surface area contributed by atoms with E-state index >= 15 is 0 Å². The zero-order chi connectivity index (χ0) is 15.7. The van der Waals surface area contributed by atoms with Crippen LogP contribution in [0.2, 0.25) is 0 Å². The standard InChI is InChI=1S/C16H12BrFN2O2/c17-9-2-1-3-11(6-9)19-16(22)13-8-15(21)20-14-7-10(18)4-5-12(13)14/h1-7,13H,8H2,(H,19,22)(H,20,21)/t13-/m1/s1. The van der Waals surface area contributed by atoms with E-state index in [0.29, 0.717) is 16.9 Å². The van der Waals surface area contributed by atoms with Crippen LogP contribution < -0.4 is 10.6 Å². The molecule has 6 heteroatoms. The van der Waals surface area contributed by atoms with Crippen LogP contribution in [0.3, 0.4) is 0 Å². The lowest BCUT2D eigenvalue weighted by atomic mass is 9.89. The predicted octanol–water partition coefficient (Wildman–Crippen LogP) is 3.65. The average molecular weight is 363 g/mol. The number of nitrogens with one attached hydrogen (secondary N) is 2. The van der Waals surface area contributed by atoms with Gasteiger partial charge in [-0.2, -0.15) is 0 Å². The quantitative estimate of drug-likeness (QED) is 0.856. The van der Waals surface area contributed by atoms with Gasteiger partial charge in [-0.05, 0) is 35.9 Å². The molecule has 2 aromatic rings. The molecule has 2 aromatic carbocycles. The van der Waals surface area contributed by atoms with Gasteiger partial charge in [-0.25, -0.2) is 4.39 Å². The predicted molar refractivity (Wildman–Crippen MR) is 85.2 cm³/mol. The molecule has 0 aliphatic carbocycles. The summed E-state index contributed by atoms with van der Waals surface area (Å²) in [5, 5.41) is 5.38. The van der Waals surface area contributed by atoms with Gasteiger partial charge in [0.1, 0.15) is 5.82 Å². The van der Waals surface area contributed by atoms with E-state index in [1.54, 1.807) is 18.2 Å². The highest BCUT2D eigenvalue weighted by Gasteiger charge is 2.30. The number of benzene rings is 2. The molecule has 0 spiro atoms. The van der Waals surface area contributed by atoms with Crippen molar-refractivity contribution in [2.75, 3.05) is 10.6 Å². The Kier molecular flexibility index (Phi) is 3.94. The zero-order valence-corrected chi connectivity index (χ0v) is 13.0. The van der Waals surface area contributed by atoms with Crippen molar-refractivity contribution in [2.24, 2.45) is 0 Å². The number of anilines is 2. The van der Waals surface area contributed by atoms with Crippen LogP contribution in [-0.4, -0.2) is 11.8 Å². The average Bonchev–Trinajstić information content (AvgIpc) is 2.45. The first-order valence-corrected chi connectivity index (χ1v) is 7.48. The third-order valence-corrected chi connectivity index (χ3v) is 3.96. The normalized spacial score (nSPS) is 16.6. The molecule has 1 atom stereocenters. The monoisotopic (exact) mass is 362 g/mol. The fourth-order valence-electron chi connectivity index (χ4n) is 2.47. The van der Waals surface area contributed by atoms with Gasteiger partial charge in [-0.15, -0.1) is 0 Å². The van der Waals surface area contributed by atoms with Crippen molar-refractivity contribution in [3.8, 4) is 0 Å². The van der Waals surface area contributed by atoms with Crippen molar-refractivity contribution >= 4 is 39.1 Å². The highest BCUT2D eigenvalue weighted by atomic mass is 79.9. The minimum absolute atomic E-state index is 0.0401. The Morgan fingerprint density at radius 1 is 1.27 bits per heavy atom. The first-order chi connectivity index (χ1) is 10.5. The largest absolute Gasteiger partial charge is 0.326 e. The van der Waals surface area contributed by atoms with Crippen LogP contribution in [0.4, 0.5) is 15.8 Å². The van der Waals surface area contributed by atoms with Gasteiger partial charge in [0.15, 0.2) is 0 Å². The highest BCUT2D eigenvalue weighted by Crippen LogP contribution is 2.33. The van der Waals surface area contributed by atoms with E-state index in [-0.39, 0.29) is 18.2 Å². The Morgan fingerprint density at radius 2 is 2.09 bits per heavy atom. The molecule has 0 radical (unpaired) electrons. The van der Waals surface area contributed by atoms with Gasteiger partial charge in [-0.1, -0.05) is 28.1 Å². The summed E-state index contributed by atoms with van der Waals surface area (Å²) in [6.45, 7) is 0. The van der Waals surface area contributed by atoms with E-state index in [9.17, 15) is 14.0 Å². The molecule has 1 heterocycles. The molecule has 1 aliphatic rings. The molecule has 2 amide bonds. The van der Waals surface area contributed by atoms with Gasteiger partial charge >= 0.3 is 0 Å². The third-order valence-electron chi connectivity index (χ3n) is 3.46. The second kappa shape index (κ2) is 5.88. The SMILES string of the molecule is O=C1C[C@@H](C(=O)Nc2cccc(Br)c2)c2ccc(F)cc2N1. The number of amides is 2. The fraction of sp³-hybridized carbons (Fsp3) is 0.125. The first-order valence-electron chi connectivity index (χ1n) is 6.68. The molecule has 112 valence electrons. The summed E-state index contributed by atoms with van der Waals surface area (Å²) in [6.07, 6.45) is 0.0401. The van der Waals surface area contributed by atoms with Crippen LogP contribution in [0.5, 0.6) is 0 Å². The van der Waals surface area contributed by atoms with Crippen molar-refractivity contribution in [3.63, 3.8) is 0 Å². The maximum Gasteiger partial charge on any atom is 0.232 e. The second-order valence-corrected chi connectivity index (χ2v) is 5.95. The maximum atomic E-state index is 13.3. The number of halogens is 2. The summed E-state index contributed by atoms with van der Waals surface area (Å²) in [5.74, 6) is -1.68. The fourth-order valence-corrected chi connectivity index (χ4v) is 2.87. The van der Waals surface area contributed by atoms with E-state index in [2.05, 4.69) is 26.6 Å². The number of rotatable bonds is 2. The Balaban J connectivity index is 1.88. The molecule has 0 fully saturated rings. The van der Waals surface area contributed by atoms with E-state index in [0.717, 1.165) is 4.47 Å². The van der Waals surface area contributed by atoms with Crippen LogP contribution in [-0.2, 0) is 9.59 Å². The van der Waals surface area contributed by atoms with Crippen LogP contribution in [0.25, 0.3) is 0 Å². The summed E-state index contributed by atoms with van der Waals surface area (Å²) in [4.78, 5) is 24.2. The Labute approximate surface area is 134 Å². The molecule has 0 bridgehead atoms. The lowest BCUT2D eigenvalue weighted by Gasteiger charge is -2.24. The van der Waals surface area contributed by atoms with E-state index in [1.807, 2.05) is 6.07 Å². The summed E-state index contributed by atoms with van der Waals surface area (Å²) in [6, 6.07) is 11.2. The van der Waals surface area contributed by atoms with Gasteiger partial charge in [0.05, 0.1) is 5.92 Å². The lowest BCUT2D eigenvalue weighted by molar-refractivity contribution is -0.123. The van der Waals surface area contributed by atoms with Crippen LogP contribution in [0.15, 0.2) is 46.9 Å². The van der Waals surface area contributed by atoms with Gasteiger partial charge in [-0.3, -0.25) is 9.59 Å². The van der Waals surface area contributed by atoms with Crippen molar-refractivity contribution in [1.29, 1.82) is 0 Å². The van der Waals surface area contributed by atoms with Gasteiger partial charge < -0.3 is 10.6 Å². The Bertz CT molecular complexity index is 764. The number of carbonyl (C=O) groups is 2. The number of hydrogen-bond donors (Lipinski definition) is 2. The first kappa shape index (κ1) is 14.7. The molecule has 4 nitrogen and oxygen atoms in total. The molecular formula is C16H12BrFN2O2. The summed E-state index contributed by atoms with van der Waals surface area (Å²) >= 11 is 3.33. The van der Waals surface area contributed by atoms with Crippen molar-refractivity contribution in [2.45, 2.75) is 12.3 Å². The van der Waals surface area contributed by atoms with Crippen molar-refractivity contribution in [3.05, 3.63) is 58.3 Å². The van der Waals surface area contributed by atoms with Crippen LogP contribution in [0, 0.1) is 5.82 Å². The van der Waals surface area contributed by atoms with Crippen molar-refractivity contribution in [1.82, 2.24) is 0 Å². The van der Waals surface area contributed by atoms with Crippen LogP contribution >= 0.6 is 15.9 Å². The van der Waals surface area contributed by atoms with Gasteiger partial charge in [0.25, 0.3) is 0 Å². The third kappa shape index (κ3) is 3.01. The summed E-state index contributed by atoms with van der Waals surface area (Å²) < 4.78 is 14.1. The molecule has 0 aromatic heterocycles. The van der Waals surface area contributed by atoms with E-state index < -0.39 is 11.7 Å². The summed E-state index contributed by atoms with van der Waals surface area (Å²) in [7, 11) is 0. The molecule has 1 aliphatic heterocycles. The van der Waals surface area contributed by atoms with Crippen LogP contribution in [0.1, 0.15) is 17.9 Å². The minimum Gasteiger partial charge on any atom is -0.326 e.